The van der Waals surface area contributed by atoms with Crippen LogP contribution in [-0.4, -0.2) is 43.3 Å². The Morgan fingerprint density at radius 2 is 1.87 bits per heavy atom. The summed E-state index contributed by atoms with van der Waals surface area (Å²) in [6.07, 6.45) is -0.954. The van der Waals surface area contributed by atoms with Crippen molar-refractivity contribution in [2.24, 2.45) is 0 Å². The third kappa shape index (κ3) is 5.61. The minimum atomic E-state index is -0.954. The van der Waals surface area contributed by atoms with Gasteiger partial charge in [0.25, 0.3) is 11.8 Å². The molecule has 160 valence electrons. The van der Waals surface area contributed by atoms with Crippen molar-refractivity contribution in [1.82, 2.24) is 5.32 Å². The van der Waals surface area contributed by atoms with Crippen molar-refractivity contribution < 1.29 is 28.7 Å². The van der Waals surface area contributed by atoms with Crippen molar-refractivity contribution in [3.63, 3.8) is 0 Å². The zero-order valence-corrected chi connectivity index (χ0v) is 18.6. The van der Waals surface area contributed by atoms with Crippen molar-refractivity contribution in [2.75, 3.05) is 24.8 Å². The second-order valence-electron chi connectivity index (χ2n) is 5.84. The van der Waals surface area contributed by atoms with Gasteiger partial charge in [-0.25, -0.2) is 9.59 Å². The van der Waals surface area contributed by atoms with E-state index in [1.54, 1.807) is 43.8 Å². The number of carbonyl (C=O) groups excluding carboxylic acids is 4. The highest BCUT2D eigenvalue weighted by molar-refractivity contribution is 7.99. The Bertz CT molecular complexity index is 970. The highest BCUT2D eigenvalue weighted by Crippen LogP contribution is 2.34. The van der Waals surface area contributed by atoms with Gasteiger partial charge in [-0.05, 0) is 43.4 Å². The minimum Gasteiger partial charge on any atom is -0.462 e. The second kappa shape index (κ2) is 10.8. The number of hydrogen-bond donors (Lipinski definition) is 2. The maximum absolute atomic E-state index is 12.8. The van der Waals surface area contributed by atoms with E-state index in [0.717, 1.165) is 29.1 Å². The molecule has 0 spiro atoms. The number of rotatable bonds is 7. The molecular weight excluding hydrogens is 428 g/mol. The summed E-state index contributed by atoms with van der Waals surface area (Å²) >= 11 is 2.50. The van der Waals surface area contributed by atoms with Gasteiger partial charge in [-0.15, -0.1) is 23.1 Å². The van der Waals surface area contributed by atoms with Crippen LogP contribution in [0.1, 0.15) is 49.8 Å². The van der Waals surface area contributed by atoms with Gasteiger partial charge in [0.15, 0.2) is 0 Å². The van der Waals surface area contributed by atoms with E-state index in [9.17, 15) is 19.2 Å². The molecule has 1 aromatic carbocycles. The molecule has 8 nitrogen and oxygen atoms in total. The van der Waals surface area contributed by atoms with Gasteiger partial charge >= 0.3 is 12.1 Å². The van der Waals surface area contributed by atoms with E-state index in [0.29, 0.717) is 11.1 Å². The number of anilines is 1. The van der Waals surface area contributed by atoms with Gasteiger partial charge in [-0.2, -0.15) is 0 Å². The Balaban J connectivity index is 2.41. The van der Waals surface area contributed by atoms with Crippen LogP contribution in [0.3, 0.4) is 0 Å². The molecule has 10 heteroatoms. The first-order valence-corrected chi connectivity index (χ1v) is 10.9. The van der Waals surface area contributed by atoms with E-state index in [1.165, 1.54) is 0 Å². The van der Waals surface area contributed by atoms with E-state index < -0.39 is 23.9 Å². The third-order valence-electron chi connectivity index (χ3n) is 3.87. The summed E-state index contributed by atoms with van der Waals surface area (Å²) in [4.78, 5) is 50.2. The maximum Gasteiger partial charge on any atom is 0.413 e. The molecular formula is C20H22N2O6S2. The predicted molar refractivity (Wildman–Crippen MR) is 116 cm³/mol. The highest BCUT2D eigenvalue weighted by atomic mass is 32.2. The van der Waals surface area contributed by atoms with E-state index in [1.807, 2.05) is 13.0 Å². The van der Waals surface area contributed by atoms with Crippen LogP contribution in [0.2, 0.25) is 0 Å². The van der Waals surface area contributed by atoms with Gasteiger partial charge in [0.2, 0.25) is 0 Å². The standard InChI is InChI=1S/C20H22N2O6S2/c1-5-28-19(25)15-11(3)14(17(24)22-20(26)27-4)18(30-15)21-16(23)12-8-7-9-13(10-12)29-6-2/h7-10H,5-6H2,1-4H3,(H,21,23)(H,22,24,26). The molecule has 30 heavy (non-hydrogen) atoms. The number of imide groups is 1. The summed E-state index contributed by atoms with van der Waals surface area (Å²) in [6.45, 7) is 5.37. The number of thiophene rings is 1. The molecule has 1 aromatic heterocycles. The van der Waals surface area contributed by atoms with E-state index >= 15 is 0 Å². The summed E-state index contributed by atoms with van der Waals surface area (Å²) in [5.74, 6) is -1.00. The minimum absolute atomic E-state index is 0.000825. The Morgan fingerprint density at radius 1 is 1.13 bits per heavy atom. The number of amides is 3. The van der Waals surface area contributed by atoms with Crippen LogP contribution in [0.25, 0.3) is 0 Å². The van der Waals surface area contributed by atoms with Crippen LogP contribution in [0.15, 0.2) is 29.2 Å². The lowest BCUT2D eigenvalue weighted by molar-refractivity contribution is 0.0531. The SMILES string of the molecule is CCOC(=O)c1sc(NC(=O)c2cccc(SCC)c2)c(C(=O)NC(=O)OC)c1C. The Hall–Kier alpha value is -2.85. The number of ether oxygens (including phenoxy) is 2. The fourth-order valence-corrected chi connectivity index (χ4v) is 4.35. The molecule has 0 saturated heterocycles. The van der Waals surface area contributed by atoms with E-state index in [2.05, 4.69) is 15.4 Å². The lowest BCUT2D eigenvalue weighted by Gasteiger charge is -2.08. The number of benzene rings is 1. The second-order valence-corrected chi connectivity index (χ2v) is 8.20. The largest absolute Gasteiger partial charge is 0.462 e. The van der Waals surface area contributed by atoms with Gasteiger partial charge in [0, 0.05) is 10.5 Å². The molecule has 0 radical (unpaired) electrons. The molecule has 0 unspecified atom stereocenters. The highest BCUT2D eigenvalue weighted by Gasteiger charge is 2.27. The molecule has 0 aliphatic carbocycles. The molecule has 0 aliphatic heterocycles. The molecule has 0 fully saturated rings. The maximum atomic E-state index is 12.8. The van der Waals surface area contributed by atoms with Crippen molar-refractivity contribution >= 4 is 52.0 Å². The molecule has 1 heterocycles. The zero-order chi connectivity index (χ0) is 22.3. The normalized spacial score (nSPS) is 10.3. The van der Waals surface area contributed by atoms with Crippen molar-refractivity contribution in [3.8, 4) is 0 Å². The van der Waals surface area contributed by atoms with E-state index in [4.69, 9.17) is 4.74 Å². The van der Waals surface area contributed by atoms with Gasteiger partial charge < -0.3 is 14.8 Å². The van der Waals surface area contributed by atoms with Gasteiger partial charge in [0.05, 0.1) is 19.3 Å². The number of alkyl carbamates (subject to hydrolysis) is 1. The fraction of sp³-hybridized carbons (Fsp3) is 0.300. The van der Waals surface area contributed by atoms with Crippen LogP contribution in [-0.2, 0) is 9.47 Å². The van der Waals surface area contributed by atoms with Gasteiger partial charge in [-0.1, -0.05) is 13.0 Å². The van der Waals surface area contributed by atoms with Gasteiger partial charge in [0.1, 0.15) is 9.88 Å². The monoisotopic (exact) mass is 450 g/mol. The molecule has 3 amide bonds. The average molecular weight is 451 g/mol. The summed E-state index contributed by atoms with van der Waals surface area (Å²) in [6, 6.07) is 7.05. The third-order valence-corrected chi connectivity index (χ3v) is 5.93. The number of hydrogen-bond acceptors (Lipinski definition) is 8. The fourth-order valence-electron chi connectivity index (χ4n) is 2.54. The van der Waals surface area contributed by atoms with Crippen molar-refractivity contribution in [2.45, 2.75) is 25.7 Å². The summed E-state index contributed by atoms with van der Waals surface area (Å²) in [5, 5.41) is 4.86. The van der Waals surface area contributed by atoms with Gasteiger partial charge in [-0.3, -0.25) is 14.9 Å². The van der Waals surface area contributed by atoms with Crippen LogP contribution in [0.4, 0.5) is 9.80 Å². The first-order chi connectivity index (χ1) is 14.3. The summed E-state index contributed by atoms with van der Waals surface area (Å²) in [7, 11) is 1.12. The molecule has 2 rings (SSSR count). The first kappa shape index (κ1) is 23.4. The Kier molecular flexibility index (Phi) is 8.43. The smallest absolute Gasteiger partial charge is 0.413 e. The number of methoxy groups -OCH3 is 1. The van der Waals surface area contributed by atoms with Crippen molar-refractivity contribution in [3.05, 3.63) is 45.8 Å². The molecule has 0 atom stereocenters. The van der Waals surface area contributed by atoms with Crippen LogP contribution in [0, 0.1) is 6.92 Å². The number of esters is 1. The quantitative estimate of drug-likeness (QED) is 0.483. The Morgan fingerprint density at radius 3 is 2.50 bits per heavy atom. The molecule has 2 aromatic rings. The number of carbonyl (C=O) groups is 4. The first-order valence-electron chi connectivity index (χ1n) is 9.06. The lowest BCUT2D eigenvalue weighted by Crippen LogP contribution is -2.31. The Labute approximate surface area is 182 Å². The summed E-state index contributed by atoms with van der Waals surface area (Å²) in [5.41, 5.74) is 0.697. The van der Waals surface area contributed by atoms with E-state index in [-0.39, 0.29) is 22.0 Å². The van der Waals surface area contributed by atoms with Crippen LogP contribution < -0.4 is 10.6 Å². The topological polar surface area (TPSA) is 111 Å². The van der Waals surface area contributed by atoms with Crippen LogP contribution in [0.5, 0.6) is 0 Å². The molecule has 0 bridgehead atoms. The van der Waals surface area contributed by atoms with Crippen LogP contribution >= 0.6 is 23.1 Å². The number of nitrogens with one attached hydrogen (secondary N) is 2. The summed E-state index contributed by atoms with van der Waals surface area (Å²) < 4.78 is 9.48. The number of thioether (sulfide) groups is 1. The molecule has 2 N–H and O–H groups in total. The lowest BCUT2D eigenvalue weighted by atomic mass is 10.1. The van der Waals surface area contributed by atoms with Crippen molar-refractivity contribution in [1.29, 1.82) is 0 Å². The average Bonchev–Trinajstić information content (AvgIpc) is 3.04. The molecule has 0 saturated carbocycles. The zero-order valence-electron chi connectivity index (χ0n) is 17.0. The predicted octanol–water partition coefficient (Wildman–Crippen LogP) is 4.09. The molecule has 0 aliphatic rings.